The molecule has 0 saturated heterocycles. The van der Waals surface area contributed by atoms with Crippen molar-refractivity contribution in [3.8, 4) is 0 Å². The molecule has 0 aromatic heterocycles. The molecule has 2 aliphatic heterocycles. The number of carbonyl (C=O) groups is 1. The zero-order chi connectivity index (χ0) is 25.3. The van der Waals surface area contributed by atoms with Crippen LogP contribution in [0.1, 0.15) is 15.9 Å². The van der Waals surface area contributed by atoms with Crippen molar-refractivity contribution < 1.29 is 13.2 Å². The molecule has 3 aromatic carbocycles. The fraction of sp³-hybridized carbons (Fsp3) is 0.192. The van der Waals surface area contributed by atoms with Gasteiger partial charge in [-0.3, -0.25) is 9.79 Å². The topological polar surface area (TPSA) is 79.2 Å². The van der Waals surface area contributed by atoms with Gasteiger partial charge in [-0.05, 0) is 54.1 Å². The second-order valence-electron chi connectivity index (χ2n) is 8.34. The zero-order valence-electron chi connectivity index (χ0n) is 18.9. The fourth-order valence-electron chi connectivity index (χ4n) is 4.29. The Morgan fingerprint density at radius 2 is 1.58 bits per heavy atom. The van der Waals surface area contributed by atoms with Crippen molar-refractivity contribution in [2.75, 3.05) is 23.1 Å². The lowest BCUT2D eigenvalue weighted by Gasteiger charge is -2.27. The van der Waals surface area contributed by atoms with E-state index >= 15 is 0 Å². The number of anilines is 1. The molecule has 10 heteroatoms. The number of nitrogens with zero attached hydrogens (tertiary/aromatic N) is 3. The number of carbonyl (C=O) groups excluding carboxylic acids is 1. The number of hydrazone groups is 1. The number of aliphatic imine (C=N–C) groups is 1. The molecule has 0 radical (unpaired) electrons. The second-order valence-corrected chi connectivity index (χ2v) is 12.5. The number of ketones is 1. The molecule has 0 spiro atoms. The predicted octanol–water partition coefficient (Wildman–Crippen LogP) is 5.60. The third-order valence-electron chi connectivity index (χ3n) is 5.95. The van der Waals surface area contributed by atoms with E-state index in [2.05, 4.69) is 4.99 Å². The zero-order valence-corrected chi connectivity index (χ0v) is 22.1. The molecule has 0 saturated carbocycles. The summed E-state index contributed by atoms with van der Waals surface area (Å²) in [6.45, 7) is 0.586. The molecule has 36 heavy (non-hydrogen) atoms. The Hall–Kier alpha value is -2.65. The summed E-state index contributed by atoms with van der Waals surface area (Å²) >= 11 is 13.6. The quantitative estimate of drug-likeness (QED) is 0.353. The van der Waals surface area contributed by atoms with Gasteiger partial charge in [0.05, 0.1) is 16.4 Å². The van der Waals surface area contributed by atoms with Crippen LogP contribution in [-0.2, 0) is 9.84 Å². The number of sulfone groups is 1. The predicted molar refractivity (Wildman–Crippen MR) is 149 cm³/mol. The van der Waals surface area contributed by atoms with Crippen LogP contribution in [0.4, 0.5) is 5.69 Å². The summed E-state index contributed by atoms with van der Waals surface area (Å²) < 4.78 is 28.0. The van der Waals surface area contributed by atoms with Crippen LogP contribution in [-0.4, -0.2) is 48.4 Å². The molecule has 6 nitrogen and oxygen atoms in total. The lowest BCUT2D eigenvalue weighted by molar-refractivity contribution is 0.0954. The van der Waals surface area contributed by atoms with Crippen LogP contribution in [0.2, 0.25) is 10.0 Å². The minimum atomic E-state index is -3.91. The summed E-state index contributed by atoms with van der Waals surface area (Å²) in [5.41, 5.74) is 1.92. The van der Waals surface area contributed by atoms with Crippen LogP contribution >= 0.6 is 35.0 Å². The smallest absolute Gasteiger partial charge is 0.180 e. The summed E-state index contributed by atoms with van der Waals surface area (Å²) in [6.07, 6.45) is 0. The maximum absolute atomic E-state index is 14.0. The van der Waals surface area contributed by atoms with E-state index in [1.807, 2.05) is 18.2 Å². The van der Waals surface area contributed by atoms with E-state index in [4.69, 9.17) is 28.3 Å². The van der Waals surface area contributed by atoms with Gasteiger partial charge in [-0.2, -0.15) is 5.10 Å². The lowest BCUT2D eigenvalue weighted by Crippen LogP contribution is -2.46. The molecular formula is C26H21Cl2N3O3S2. The highest BCUT2D eigenvalue weighted by Crippen LogP contribution is 2.37. The lowest BCUT2D eigenvalue weighted by atomic mass is 9.89. The standard InChI is InChI=1S/C26H21Cl2N3O3S2/c27-19-10-6-17(7-11-19)24-23(25(32)18-8-12-20(28)13-9-18)26(31(30-24)21-4-2-1-3-5-21)36(33,34)16-22-29-14-15-35-22/h1-13,23,26H,14-16H2. The van der Waals surface area contributed by atoms with Crippen LogP contribution < -0.4 is 5.01 Å². The summed E-state index contributed by atoms with van der Waals surface area (Å²) in [5.74, 6) is -0.935. The molecule has 2 atom stereocenters. The number of hydrogen-bond acceptors (Lipinski definition) is 7. The summed E-state index contributed by atoms with van der Waals surface area (Å²) in [7, 11) is -3.91. The van der Waals surface area contributed by atoms with Crippen molar-refractivity contribution in [1.82, 2.24) is 0 Å². The molecule has 0 amide bonds. The number of thioether (sulfide) groups is 1. The molecule has 0 fully saturated rings. The number of hydrogen-bond donors (Lipinski definition) is 0. The average Bonchev–Trinajstić information content (AvgIpc) is 3.53. The largest absolute Gasteiger partial charge is 0.293 e. The number of Topliss-reactive ketones (excluding diaryl/α,β-unsaturated/α-hetero) is 1. The Morgan fingerprint density at radius 3 is 2.19 bits per heavy atom. The number of benzene rings is 3. The Morgan fingerprint density at radius 1 is 0.944 bits per heavy atom. The summed E-state index contributed by atoms with van der Waals surface area (Å²) in [4.78, 5) is 18.3. The van der Waals surface area contributed by atoms with Gasteiger partial charge < -0.3 is 0 Å². The van der Waals surface area contributed by atoms with Crippen molar-refractivity contribution in [1.29, 1.82) is 0 Å². The first kappa shape index (κ1) is 25.0. The molecule has 2 heterocycles. The molecule has 3 aromatic rings. The monoisotopic (exact) mass is 557 g/mol. The third-order valence-corrected chi connectivity index (χ3v) is 9.51. The Bertz CT molecular complexity index is 1440. The molecule has 0 aliphatic carbocycles. The van der Waals surface area contributed by atoms with E-state index in [0.717, 1.165) is 5.75 Å². The maximum Gasteiger partial charge on any atom is 0.180 e. The van der Waals surface area contributed by atoms with Crippen LogP contribution in [0.15, 0.2) is 89.0 Å². The van der Waals surface area contributed by atoms with E-state index in [0.29, 0.717) is 44.2 Å². The Kier molecular flexibility index (Phi) is 7.21. The first-order valence-corrected chi connectivity index (χ1v) is 14.7. The molecule has 2 aliphatic rings. The molecule has 5 rings (SSSR count). The van der Waals surface area contributed by atoms with Crippen molar-refractivity contribution in [3.05, 3.63) is 100 Å². The highest BCUT2D eigenvalue weighted by atomic mass is 35.5. The SMILES string of the molecule is O=C(c1ccc(Cl)cc1)C1C(c2ccc(Cl)cc2)=NN(c2ccccc2)C1S(=O)(=O)CC1=NCCS1. The van der Waals surface area contributed by atoms with E-state index in [1.54, 1.807) is 60.7 Å². The summed E-state index contributed by atoms with van der Waals surface area (Å²) in [5, 5.41) is 6.53. The Labute approximate surface area is 223 Å². The molecule has 0 N–H and O–H groups in total. The number of halogens is 2. The normalized spacial score (nSPS) is 19.8. The van der Waals surface area contributed by atoms with Crippen LogP contribution in [0.5, 0.6) is 0 Å². The first-order valence-electron chi connectivity index (χ1n) is 11.2. The average molecular weight is 559 g/mol. The van der Waals surface area contributed by atoms with Gasteiger partial charge in [-0.25, -0.2) is 13.4 Å². The summed E-state index contributed by atoms with van der Waals surface area (Å²) in [6, 6.07) is 22.4. The Balaban J connectivity index is 1.67. The minimum absolute atomic E-state index is 0.251. The van der Waals surface area contributed by atoms with E-state index in [9.17, 15) is 13.2 Å². The van der Waals surface area contributed by atoms with Crippen LogP contribution in [0.3, 0.4) is 0 Å². The first-order chi connectivity index (χ1) is 17.3. The van der Waals surface area contributed by atoms with Gasteiger partial charge in [-0.15, -0.1) is 11.8 Å². The molecule has 0 bridgehead atoms. The van der Waals surface area contributed by atoms with E-state index < -0.39 is 21.1 Å². The van der Waals surface area contributed by atoms with Crippen molar-refractivity contribution in [3.63, 3.8) is 0 Å². The third kappa shape index (κ3) is 5.09. The molecule has 184 valence electrons. The maximum atomic E-state index is 14.0. The highest BCUT2D eigenvalue weighted by molar-refractivity contribution is 8.15. The van der Waals surface area contributed by atoms with Gasteiger partial charge in [0.1, 0.15) is 11.7 Å². The minimum Gasteiger partial charge on any atom is -0.293 e. The van der Waals surface area contributed by atoms with Gasteiger partial charge >= 0.3 is 0 Å². The van der Waals surface area contributed by atoms with Gasteiger partial charge in [0.2, 0.25) is 0 Å². The van der Waals surface area contributed by atoms with Crippen LogP contribution in [0, 0.1) is 5.92 Å². The van der Waals surface area contributed by atoms with Crippen molar-refractivity contribution >= 4 is 67.0 Å². The number of rotatable bonds is 7. The van der Waals surface area contributed by atoms with Gasteiger partial charge in [0, 0.05) is 27.9 Å². The van der Waals surface area contributed by atoms with Gasteiger partial charge in [0.15, 0.2) is 21.0 Å². The van der Waals surface area contributed by atoms with Crippen LogP contribution in [0.25, 0.3) is 0 Å². The second kappa shape index (κ2) is 10.4. The fourth-order valence-corrected chi connectivity index (χ4v) is 7.71. The van der Waals surface area contributed by atoms with E-state index in [1.165, 1.54) is 16.8 Å². The molecular weight excluding hydrogens is 537 g/mol. The van der Waals surface area contributed by atoms with Crippen molar-refractivity contribution in [2.45, 2.75) is 5.37 Å². The van der Waals surface area contributed by atoms with Gasteiger partial charge in [-0.1, -0.05) is 53.5 Å². The van der Waals surface area contributed by atoms with E-state index in [-0.39, 0.29) is 11.5 Å². The van der Waals surface area contributed by atoms with Gasteiger partial charge in [0.25, 0.3) is 0 Å². The van der Waals surface area contributed by atoms with Crippen molar-refractivity contribution in [2.24, 2.45) is 16.0 Å². The highest BCUT2D eigenvalue weighted by Gasteiger charge is 2.50. The molecule has 2 unspecified atom stereocenters. The number of para-hydroxylation sites is 1.